The van der Waals surface area contributed by atoms with Gasteiger partial charge >= 0.3 is 39.5 Å². The van der Waals surface area contributed by atoms with Gasteiger partial charge in [-0.2, -0.15) is 0 Å². The fourth-order valence-corrected chi connectivity index (χ4v) is 13.5. The van der Waals surface area contributed by atoms with E-state index >= 15 is 0 Å². The van der Waals surface area contributed by atoms with Gasteiger partial charge in [-0.1, -0.05) is 344 Å². The number of aliphatic hydroxyl groups is 1. The summed E-state index contributed by atoms with van der Waals surface area (Å²) in [5.41, 5.74) is 0. The first-order valence-corrected chi connectivity index (χ1v) is 43.2. The van der Waals surface area contributed by atoms with E-state index in [0.717, 1.165) is 114 Å². The Morgan fingerprint density at radius 1 is 0.258 bits per heavy atom. The summed E-state index contributed by atoms with van der Waals surface area (Å²) in [4.78, 5) is 72.9. The highest BCUT2D eigenvalue weighted by Crippen LogP contribution is 2.45. The van der Waals surface area contributed by atoms with Gasteiger partial charge in [0.05, 0.1) is 26.4 Å². The predicted molar refractivity (Wildman–Crippen MR) is 395 cm³/mol. The molecule has 0 fully saturated rings. The first kappa shape index (κ1) is 95.1. The van der Waals surface area contributed by atoms with Gasteiger partial charge in [-0.05, 0) is 49.4 Å². The van der Waals surface area contributed by atoms with Crippen molar-refractivity contribution in [3.8, 4) is 0 Å². The third kappa shape index (κ3) is 72.2. The van der Waals surface area contributed by atoms with Crippen LogP contribution in [0.2, 0.25) is 0 Å². The molecule has 0 amide bonds. The van der Waals surface area contributed by atoms with Crippen LogP contribution in [0.5, 0.6) is 0 Å². The molecule has 0 heterocycles. The van der Waals surface area contributed by atoms with E-state index in [4.69, 9.17) is 37.0 Å². The second kappa shape index (κ2) is 67.2. The molecule has 2 unspecified atom stereocenters. The fraction of sp³-hybridized carbons (Fsp3) is 0.949. The van der Waals surface area contributed by atoms with E-state index in [1.54, 1.807) is 0 Å². The van der Waals surface area contributed by atoms with Crippen LogP contribution in [0, 0.1) is 23.7 Å². The lowest BCUT2D eigenvalue weighted by Gasteiger charge is -2.21. The maximum absolute atomic E-state index is 13.1. The van der Waals surface area contributed by atoms with Crippen molar-refractivity contribution < 1.29 is 80.2 Å². The van der Waals surface area contributed by atoms with E-state index in [1.807, 2.05) is 0 Å². The number of hydrogen-bond acceptors (Lipinski definition) is 15. The molecule has 97 heavy (non-hydrogen) atoms. The summed E-state index contributed by atoms with van der Waals surface area (Å²) in [7, 11) is -9.92. The summed E-state index contributed by atoms with van der Waals surface area (Å²) in [6, 6.07) is 0. The molecular weight excluding hydrogens is 1270 g/mol. The first-order chi connectivity index (χ1) is 46.6. The quantitative estimate of drug-likeness (QED) is 0.0222. The Morgan fingerprint density at radius 3 is 0.639 bits per heavy atom. The van der Waals surface area contributed by atoms with Crippen LogP contribution in [0.1, 0.15) is 396 Å². The topological polar surface area (TPSA) is 237 Å². The summed E-state index contributed by atoms with van der Waals surface area (Å²) in [6.45, 7) is 14.2. The lowest BCUT2D eigenvalue weighted by Crippen LogP contribution is -2.30. The Bertz CT molecular complexity index is 1900. The van der Waals surface area contributed by atoms with Gasteiger partial charge in [0.15, 0.2) is 12.2 Å². The molecule has 576 valence electrons. The van der Waals surface area contributed by atoms with Crippen molar-refractivity contribution >= 4 is 39.5 Å². The van der Waals surface area contributed by atoms with Crippen molar-refractivity contribution in [2.45, 2.75) is 414 Å². The van der Waals surface area contributed by atoms with E-state index < -0.39 is 97.5 Å². The van der Waals surface area contributed by atoms with Crippen LogP contribution in [0.25, 0.3) is 0 Å². The monoisotopic (exact) mass is 1420 g/mol. The average molecular weight is 1420 g/mol. The molecule has 0 rings (SSSR count). The van der Waals surface area contributed by atoms with Gasteiger partial charge in [0.2, 0.25) is 0 Å². The number of phosphoric ester groups is 2. The van der Waals surface area contributed by atoms with Crippen LogP contribution in [0.3, 0.4) is 0 Å². The van der Waals surface area contributed by atoms with Crippen LogP contribution < -0.4 is 0 Å². The standard InChI is InChI=1S/C78H152O17P2/c1-68(2)54-46-38-30-22-14-12-10-9-11-13-15-28-36-44-52-60-77(82)94-73(64-88-75(80)58-50-42-34-26-19-16-23-31-39-47-55-69(3)4)66-92-96(84,85)90-62-72(79)63-91-97(86,87)93-67-74(95-78(83)61-53-45-37-29-21-18-25-33-41-49-57-71(7)8)65-89-76(81)59-51-43-35-27-20-17-24-32-40-48-56-70(5)6/h68-74,79H,9-67H2,1-8H3,(H,84,85)(H,86,87)/t72-,73-,74-/m1/s1. The number of aliphatic hydroxyl groups excluding tert-OH is 1. The first-order valence-electron chi connectivity index (χ1n) is 40.2. The van der Waals surface area contributed by atoms with Crippen molar-refractivity contribution in [3.63, 3.8) is 0 Å². The average Bonchev–Trinajstić information content (AvgIpc) is 1.11. The van der Waals surface area contributed by atoms with E-state index in [0.29, 0.717) is 25.7 Å². The van der Waals surface area contributed by atoms with Crippen LogP contribution in [0.15, 0.2) is 0 Å². The van der Waals surface area contributed by atoms with Crippen molar-refractivity contribution in [2.75, 3.05) is 39.6 Å². The summed E-state index contributed by atoms with van der Waals surface area (Å²) in [5, 5.41) is 10.6. The van der Waals surface area contributed by atoms with E-state index in [-0.39, 0.29) is 25.7 Å². The number of phosphoric acid groups is 2. The minimum atomic E-state index is -4.96. The highest BCUT2D eigenvalue weighted by atomic mass is 31.2. The molecular formula is C78H152O17P2. The summed E-state index contributed by atoms with van der Waals surface area (Å²) in [5.74, 6) is 0.954. The molecule has 0 saturated carbocycles. The van der Waals surface area contributed by atoms with Gasteiger partial charge in [0.25, 0.3) is 0 Å². The molecule has 0 aliphatic carbocycles. The van der Waals surface area contributed by atoms with Crippen molar-refractivity contribution in [2.24, 2.45) is 23.7 Å². The number of ether oxygens (including phenoxy) is 4. The molecule has 0 aliphatic rings. The Morgan fingerprint density at radius 2 is 0.433 bits per heavy atom. The SMILES string of the molecule is CC(C)CCCCCCCCCCCCCCCCCC(=O)O[C@H](COC(=O)CCCCCCCCCCCCC(C)C)COP(=O)(O)OC[C@@H](O)COP(=O)(O)OC[C@@H](COC(=O)CCCCCCCCCCCCC(C)C)OC(=O)CCCCCCCCCCCCC(C)C. The van der Waals surface area contributed by atoms with Gasteiger partial charge in [0.1, 0.15) is 19.3 Å². The zero-order valence-corrected chi connectivity index (χ0v) is 65.5. The van der Waals surface area contributed by atoms with Crippen LogP contribution in [-0.4, -0.2) is 96.7 Å². The molecule has 0 bridgehead atoms. The van der Waals surface area contributed by atoms with Gasteiger partial charge in [-0.15, -0.1) is 0 Å². The van der Waals surface area contributed by atoms with Gasteiger partial charge in [0, 0.05) is 25.7 Å². The molecule has 3 N–H and O–H groups in total. The van der Waals surface area contributed by atoms with Crippen molar-refractivity contribution in [1.29, 1.82) is 0 Å². The molecule has 0 aliphatic heterocycles. The molecule has 19 heteroatoms. The molecule has 0 aromatic heterocycles. The third-order valence-electron chi connectivity index (χ3n) is 18.1. The molecule has 0 aromatic rings. The Hall–Kier alpha value is -1.94. The molecule has 0 radical (unpaired) electrons. The summed E-state index contributed by atoms with van der Waals surface area (Å²) < 4.78 is 68.6. The summed E-state index contributed by atoms with van der Waals surface area (Å²) in [6.07, 6.45) is 52.7. The second-order valence-corrected chi connectivity index (χ2v) is 32.9. The second-order valence-electron chi connectivity index (χ2n) is 30.0. The van der Waals surface area contributed by atoms with Gasteiger partial charge in [-0.25, -0.2) is 9.13 Å². The highest BCUT2D eigenvalue weighted by Gasteiger charge is 2.30. The molecule has 17 nitrogen and oxygen atoms in total. The molecule has 0 spiro atoms. The fourth-order valence-electron chi connectivity index (χ4n) is 11.9. The minimum absolute atomic E-state index is 0.105. The lowest BCUT2D eigenvalue weighted by atomic mass is 10.0. The smallest absolute Gasteiger partial charge is 0.462 e. The van der Waals surface area contributed by atoms with Crippen LogP contribution in [-0.2, 0) is 65.4 Å². The largest absolute Gasteiger partial charge is 0.472 e. The van der Waals surface area contributed by atoms with E-state index in [1.165, 1.54) is 199 Å². The molecule has 0 saturated heterocycles. The van der Waals surface area contributed by atoms with Crippen LogP contribution >= 0.6 is 15.6 Å². The predicted octanol–water partition coefficient (Wildman–Crippen LogP) is 22.8. The van der Waals surface area contributed by atoms with Gasteiger partial charge in [-0.3, -0.25) is 37.3 Å². The Labute approximate surface area is 594 Å². The van der Waals surface area contributed by atoms with Crippen molar-refractivity contribution in [3.05, 3.63) is 0 Å². The normalized spacial score (nSPS) is 14.1. The zero-order valence-electron chi connectivity index (χ0n) is 63.7. The third-order valence-corrected chi connectivity index (χ3v) is 20.0. The van der Waals surface area contributed by atoms with Crippen LogP contribution in [0.4, 0.5) is 0 Å². The Balaban J connectivity index is 5.26. The zero-order chi connectivity index (χ0) is 71.7. The maximum Gasteiger partial charge on any atom is 0.472 e. The summed E-state index contributed by atoms with van der Waals surface area (Å²) >= 11 is 0. The van der Waals surface area contributed by atoms with Crippen molar-refractivity contribution in [1.82, 2.24) is 0 Å². The van der Waals surface area contributed by atoms with E-state index in [9.17, 15) is 43.2 Å². The van der Waals surface area contributed by atoms with Gasteiger partial charge < -0.3 is 33.8 Å². The number of carbonyl (C=O) groups is 4. The maximum atomic E-state index is 13.1. The Kier molecular flexibility index (Phi) is 65.9. The molecule has 5 atom stereocenters. The van der Waals surface area contributed by atoms with E-state index in [2.05, 4.69) is 55.4 Å². The number of rotatable bonds is 75. The number of unbranched alkanes of at least 4 members (excludes halogenated alkanes) is 41. The number of carbonyl (C=O) groups excluding carboxylic acids is 4. The molecule has 0 aromatic carbocycles. The lowest BCUT2D eigenvalue weighted by molar-refractivity contribution is -0.161. The number of esters is 4. The highest BCUT2D eigenvalue weighted by molar-refractivity contribution is 7.47. The minimum Gasteiger partial charge on any atom is -0.462 e. The number of hydrogen-bond donors (Lipinski definition) is 3.